The normalized spacial score (nSPS) is 11.9. The molecule has 39 heavy (non-hydrogen) atoms. The molecule has 0 saturated heterocycles. The summed E-state index contributed by atoms with van der Waals surface area (Å²) in [4.78, 5) is 25.1. The van der Waals surface area contributed by atoms with Gasteiger partial charge in [-0.15, -0.1) is 0 Å². The van der Waals surface area contributed by atoms with E-state index < -0.39 is 35.0 Å². The van der Waals surface area contributed by atoms with Crippen molar-refractivity contribution in [2.24, 2.45) is 0 Å². The fourth-order valence-electron chi connectivity index (χ4n) is 4.11. The molecule has 0 atom stereocenters. The number of aryl methyl sites for hydroxylation is 1. The molecule has 0 spiro atoms. The summed E-state index contributed by atoms with van der Waals surface area (Å²) in [6.07, 6.45) is 2.63. The number of aromatic nitrogens is 1. The van der Waals surface area contributed by atoms with E-state index in [9.17, 15) is 26.8 Å². The monoisotopic (exact) mass is 560 g/mol. The van der Waals surface area contributed by atoms with Gasteiger partial charge in [0.15, 0.2) is 6.61 Å². The molecule has 3 rings (SSSR count). The molecule has 208 valence electrons. The van der Waals surface area contributed by atoms with Gasteiger partial charge in [0.1, 0.15) is 5.75 Å². The predicted octanol–water partition coefficient (Wildman–Crippen LogP) is 5.17. The lowest BCUT2D eigenvalue weighted by Gasteiger charge is -2.18. The number of alkyl halides is 2. The van der Waals surface area contributed by atoms with Crippen LogP contribution in [0.2, 0.25) is 0 Å². The summed E-state index contributed by atoms with van der Waals surface area (Å²) in [6, 6.07) is 13.8. The van der Waals surface area contributed by atoms with Crippen LogP contribution < -0.4 is 4.74 Å². The minimum Gasteiger partial charge on any atom is -0.454 e. The topological polar surface area (TPSA) is 94.9 Å². The molecule has 0 aliphatic rings. The van der Waals surface area contributed by atoms with Crippen molar-refractivity contribution in [1.82, 2.24) is 8.87 Å². The van der Waals surface area contributed by atoms with Gasteiger partial charge in [0, 0.05) is 41.8 Å². The summed E-state index contributed by atoms with van der Waals surface area (Å²) < 4.78 is 62.6. The average molecular weight is 561 g/mol. The zero-order chi connectivity index (χ0) is 28.7. The van der Waals surface area contributed by atoms with Crippen LogP contribution in [-0.2, 0) is 19.6 Å². The standard InChI is InChI=1S/C28H30F2N2O6S/c1-5-31(6-2)39(35,36)24-14-7-21(8-15-24)9-16-27(34)37-18-26(33)25-17-19(3)32(20(25)4)22-10-12-23(13-11-22)38-28(29)30/h7-17,28H,5-6,18H2,1-4H3. The molecule has 3 aromatic rings. The first-order chi connectivity index (χ1) is 18.5. The van der Waals surface area contributed by atoms with Crippen molar-refractivity contribution < 1.29 is 36.3 Å². The van der Waals surface area contributed by atoms with Crippen LogP contribution in [0.1, 0.15) is 41.2 Å². The molecule has 0 unspecified atom stereocenters. The number of sulfonamides is 1. The number of benzene rings is 2. The van der Waals surface area contributed by atoms with Crippen molar-refractivity contribution in [2.75, 3.05) is 19.7 Å². The molecule has 8 nitrogen and oxygen atoms in total. The van der Waals surface area contributed by atoms with Crippen LogP contribution in [0.3, 0.4) is 0 Å². The highest BCUT2D eigenvalue weighted by Gasteiger charge is 2.21. The van der Waals surface area contributed by atoms with Gasteiger partial charge in [-0.1, -0.05) is 26.0 Å². The molecule has 0 N–H and O–H groups in total. The van der Waals surface area contributed by atoms with E-state index in [2.05, 4.69) is 4.74 Å². The molecule has 11 heteroatoms. The molecule has 0 bridgehead atoms. The number of hydrogen-bond donors (Lipinski definition) is 0. The molecule has 2 aromatic carbocycles. The van der Waals surface area contributed by atoms with Crippen LogP contribution in [0.5, 0.6) is 5.75 Å². The summed E-state index contributed by atoms with van der Waals surface area (Å²) in [6.45, 7) is 4.38. The van der Waals surface area contributed by atoms with E-state index in [0.717, 1.165) is 11.8 Å². The Kier molecular flexibility index (Phi) is 9.76. The van der Waals surface area contributed by atoms with Gasteiger partial charge in [-0.25, -0.2) is 13.2 Å². The number of Topliss-reactive ketones (excluding diaryl/α,β-unsaturated/α-hetero) is 1. The number of rotatable bonds is 12. The third kappa shape index (κ3) is 7.18. The third-order valence-electron chi connectivity index (χ3n) is 6.03. The quantitative estimate of drug-likeness (QED) is 0.172. The van der Waals surface area contributed by atoms with Crippen LogP contribution in [0.15, 0.2) is 65.6 Å². The van der Waals surface area contributed by atoms with Gasteiger partial charge in [-0.05, 0) is 68.0 Å². The lowest BCUT2D eigenvalue weighted by molar-refractivity contribution is -0.136. The van der Waals surface area contributed by atoms with Gasteiger partial charge in [-0.2, -0.15) is 13.1 Å². The number of ether oxygens (including phenoxy) is 2. The molecule has 1 heterocycles. The Hall–Kier alpha value is -3.83. The smallest absolute Gasteiger partial charge is 0.387 e. The van der Waals surface area contributed by atoms with Gasteiger partial charge >= 0.3 is 12.6 Å². The van der Waals surface area contributed by atoms with Crippen LogP contribution in [-0.4, -0.2) is 55.4 Å². The van der Waals surface area contributed by atoms with Crippen molar-refractivity contribution in [3.63, 3.8) is 0 Å². The van der Waals surface area contributed by atoms with E-state index in [1.54, 1.807) is 62.6 Å². The number of esters is 1. The van der Waals surface area contributed by atoms with Gasteiger partial charge in [-0.3, -0.25) is 4.79 Å². The minimum absolute atomic E-state index is 0.0214. The predicted molar refractivity (Wildman–Crippen MR) is 143 cm³/mol. The second-order valence-corrected chi connectivity index (χ2v) is 10.5. The first kappa shape index (κ1) is 29.7. The minimum atomic E-state index is -3.58. The highest BCUT2D eigenvalue weighted by Crippen LogP contribution is 2.24. The van der Waals surface area contributed by atoms with Crippen LogP contribution in [0, 0.1) is 13.8 Å². The first-order valence-electron chi connectivity index (χ1n) is 12.2. The van der Waals surface area contributed by atoms with Crippen molar-refractivity contribution in [2.45, 2.75) is 39.2 Å². The zero-order valence-corrected chi connectivity index (χ0v) is 22.9. The van der Waals surface area contributed by atoms with Crippen molar-refractivity contribution in [3.05, 3.63) is 83.2 Å². The molecular formula is C28H30F2N2O6S. The molecule has 0 saturated carbocycles. The fourth-order valence-corrected chi connectivity index (χ4v) is 5.57. The Morgan fingerprint density at radius 3 is 2.18 bits per heavy atom. The summed E-state index contributed by atoms with van der Waals surface area (Å²) in [5.41, 5.74) is 2.94. The summed E-state index contributed by atoms with van der Waals surface area (Å²) in [5.74, 6) is -1.11. The second-order valence-electron chi connectivity index (χ2n) is 8.52. The van der Waals surface area contributed by atoms with Gasteiger partial charge in [0.25, 0.3) is 0 Å². The Morgan fingerprint density at radius 1 is 1.00 bits per heavy atom. The molecule has 1 aromatic heterocycles. The van der Waals surface area contributed by atoms with E-state index in [0.29, 0.717) is 35.6 Å². The van der Waals surface area contributed by atoms with E-state index in [1.807, 2.05) is 0 Å². The highest BCUT2D eigenvalue weighted by molar-refractivity contribution is 7.89. The third-order valence-corrected chi connectivity index (χ3v) is 8.10. The van der Waals surface area contributed by atoms with Crippen molar-refractivity contribution in [3.8, 4) is 11.4 Å². The van der Waals surface area contributed by atoms with Crippen LogP contribution in [0.25, 0.3) is 11.8 Å². The van der Waals surface area contributed by atoms with Crippen LogP contribution in [0.4, 0.5) is 8.78 Å². The Bertz CT molecular complexity index is 1440. The Morgan fingerprint density at radius 2 is 1.62 bits per heavy atom. The second kappa shape index (κ2) is 12.8. The Balaban J connectivity index is 1.62. The van der Waals surface area contributed by atoms with Gasteiger partial charge in [0.2, 0.25) is 15.8 Å². The molecule has 0 radical (unpaired) electrons. The fraction of sp³-hybridized carbons (Fsp3) is 0.286. The van der Waals surface area contributed by atoms with Gasteiger partial charge in [0.05, 0.1) is 4.90 Å². The van der Waals surface area contributed by atoms with Gasteiger partial charge < -0.3 is 14.0 Å². The molecular weight excluding hydrogens is 530 g/mol. The lowest BCUT2D eigenvalue weighted by atomic mass is 10.1. The maximum absolute atomic E-state index is 12.8. The number of nitrogens with zero attached hydrogens (tertiary/aromatic N) is 2. The number of ketones is 1. The van der Waals surface area contributed by atoms with Crippen molar-refractivity contribution in [1.29, 1.82) is 0 Å². The first-order valence-corrected chi connectivity index (χ1v) is 13.6. The summed E-state index contributed by atoms with van der Waals surface area (Å²) in [7, 11) is -3.58. The number of halogens is 2. The van der Waals surface area contributed by atoms with Crippen molar-refractivity contribution >= 4 is 27.9 Å². The maximum Gasteiger partial charge on any atom is 0.387 e. The molecule has 0 aliphatic carbocycles. The molecule has 0 fully saturated rings. The SMILES string of the molecule is CCN(CC)S(=O)(=O)c1ccc(C=CC(=O)OCC(=O)c2cc(C)n(-c3ccc(OC(F)F)cc3)c2C)cc1. The lowest BCUT2D eigenvalue weighted by Crippen LogP contribution is -2.30. The molecule has 0 amide bonds. The largest absolute Gasteiger partial charge is 0.454 e. The highest BCUT2D eigenvalue weighted by atomic mass is 32.2. The van der Waals surface area contributed by atoms with E-state index >= 15 is 0 Å². The maximum atomic E-state index is 12.8. The summed E-state index contributed by atoms with van der Waals surface area (Å²) >= 11 is 0. The van der Waals surface area contributed by atoms with Crippen LogP contribution >= 0.6 is 0 Å². The number of carbonyl (C=O) groups excluding carboxylic acids is 2. The number of carbonyl (C=O) groups is 2. The zero-order valence-electron chi connectivity index (χ0n) is 22.1. The Labute approximate surface area is 226 Å². The summed E-state index contributed by atoms with van der Waals surface area (Å²) in [5, 5.41) is 0. The average Bonchev–Trinajstić information content (AvgIpc) is 3.20. The van der Waals surface area contributed by atoms with E-state index in [1.165, 1.54) is 34.6 Å². The number of hydrogen-bond acceptors (Lipinski definition) is 6. The van der Waals surface area contributed by atoms with E-state index in [-0.39, 0.29) is 10.6 Å². The molecule has 0 aliphatic heterocycles. The van der Waals surface area contributed by atoms with E-state index in [4.69, 9.17) is 4.74 Å².